The standard InChI is InChI=1S/C12H17BrN2O2S/c1-9-4-11(13)6-12(5-9)18(16,17)15-3-2-10(7-14)8-15/h4-6,10H,2-3,7-8,14H2,1H3. The van der Waals surface area contributed by atoms with Crippen molar-refractivity contribution in [1.29, 1.82) is 0 Å². The lowest BCUT2D eigenvalue weighted by atomic mass is 10.1. The first kappa shape index (κ1) is 14.0. The van der Waals surface area contributed by atoms with Gasteiger partial charge in [-0.15, -0.1) is 0 Å². The van der Waals surface area contributed by atoms with Crippen LogP contribution in [0.5, 0.6) is 0 Å². The smallest absolute Gasteiger partial charge is 0.243 e. The molecule has 1 atom stereocenters. The molecule has 0 aromatic heterocycles. The van der Waals surface area contributed by atoms with Gasteiger partial charge in [0.15, 0.2) is 0 Å². The molecular formula is C12H17BrN2O2S. The third kappa shape index (κ3) is 2.77. The van der Waals surface area contributed by atoms with Gasteiger partial charge in [0.1, 0.15) is 0 Å². The van der Waals surface area contributed by atoms with Crippen LogP contribution >= 0.6 is 15.9 Å². The van der Waals surface area contributed by atoms with Gasteiger partial charge in [-0.25, -0.2) is 8.42 Å². The minimum atomic E-state index is -3.38. The van der Waals surface area contributed by atoms with E-state index in [1.807, 2.05) is 13.0 Å². The van der Waals surface area contributed by atoms with Crippen LogP contribution in [0.15, 0.2) is 27.6 Å². The maximum atomic E-state index is 12.5. The maximum absolute atomic E-state index is 12.5. The second-order valence-corrected chi connectivity index (χ2v) is 7.57. The summed E-state index contributed by atoms with van der Waals surface area (Å²) in [6.07, 6.45) is 0.850. The van der Waals surface area contributed by atoms with E-state index < -0.39 is 10.0 Å². The summed E-state index contributed by atoms with van der Waals surface area (Å²) >= 11 is 3.34. The second-order valence-electron chi connectivity index (χ2n) is 4.72. The van der Waals surface area contributed by atoms with Crippen LogP contribution in [-0.2, 0) is 10.0 Å². The maximum Gasteiger partial charge on any atom is 0.243 e. The third-order valence-electron chi connectivity index (χ3n) is 3.24. The Morgan fingerprint density at radius 1 is 1.44 bits per heavy atom. The van der Waals surface area contributed by atoms with E-state index in [1.54, 1.807) is 12.1 Å². The molecule has 1 saturated heterocycles. The zero-order valence-electron chi connectivity index (χ0n) is 10.3. The first-order valence-corrected chi connectivity index (χ1v) is 8.14. The molecule has 0 radical (unpaired) electrons. The lowest BCUT2D eigenvalue weighted by Crippen LogP contribution is -2.30. The van der Waals surface area contributed by atoms with Crippen LogP contribution in [0.4, 0.5) is 0 Å². The van der Waals surface area contributed by atoms with Crippen LogP contribution in [-0.4, -0.2) is 32.4 Å². The van der Waals surface area contributed by atoms with Gasteiger partial charge in [-0.05, 0) is 49.6 Å². The Morgan fingerprint density at radius 3 is 2.72 bits per heavy atom. The lowest BCUT2D eigenvalue weighted by Gasteiger charge is -2.17. The predicted molar refractivity (Wildman–Crippen MR) is 74.8 cm³/mol. The normalized spacial score (nSPS) is 21.4. The molecule has 100 valence electrons. The van der Waals surface area contributed by atoms with E-state index in [4.69, 9.17) is 5.73 Å². The fourth-order valence-electron chi connectivity index (χ4n) is 2.21. The molecule has 0 spiro atoms. The number of benzene rings is 1. The highest BCUT2D eigenvalue weighted by atomic mass is 79.9. The molecule has 1 heterocycles. The molecule has 2 N–H and O–H groups in total. The van der Waals surface area contributed by atoms with Crippen molar-refractivity contribution < 1.29 is 8.42 Å². The summed E-state index contributed by atoms with van der Waals surface area (Å²) in [5.74, 6) is 0.285. The van der Waals surface area contributed by atoms with Crippen molar-refractivity contribution in [2.45, 2.75) is 18.2 Å². The summed E-state index contributed by atoms with van der Waals surface area (Å²) in [4.78, 5) is 0.354. The number of nitrogens with zero attached hydrogens (tertiary/aromatic N) is 1. The topological polar surface area (TPSA) is 63.4 Å². The number of sulfonamides is 1. The average Bonchev–Trinajstić information content (AvgIpc) is 2.76. The molecule has 0 amide bonds. The summed E-state index contributed by atoms with van der Waals surface area (Å²) in [5.41, 5.74) is 6.53. The quantitative estimate of drug-likeness (QED) is 0.916. The van der Waals surface area contributed by atoms with Gasteiger partial charge in [0.05, 0.1) is 4.90 Å². The van der Waals surface area contributed by atoms with Gasteiger partial charge in [0, 0.05) is 17.6 Å². The van der Waals surface area contributed by atoms with Crippen LogP contribution in [0, 0.1) is 12.8 Å². The Morgan fingerprint density at radius 2 is 2.17 bits per heavy atom. The SMILES string of the molecule is Cc1cc(Br)cc(S(=O)(=O)N2CCC(CN)C2)c1. The molecule has 4 nitrogen and oxygen atoms in total. The summed E-state index contributed by atoms with van der Waals surface area (Å²) in [6.45, 7) is 3.53. The first-order valence-electron chi connectivity index (χ1n) is 5.91. The molecule has 0 aliphatic carbocycles. The highest BCUT2D eigenvalue weighted by Gasteiger charge is 2.32. The van der Waals surface area contributed by atoms with Gasteiger partial charge in [0.2, 0.25) is 10.0 Å². The molecule has 6 heteroatoms. The molecule has 1 unspecified atom stereocenters. The molecule has 0 saturated carbocycles. The van der Waals surface area contributed by atoms with Crippen molar-refractivity contribution in [1.82, 2.24) is 4.31 Å². The molecule has 1 aliphatic heterocycles. The number of halogens is 1. The number of aryl methyl sites for hydroxylation is 1. The van der Waals surface area contributed by atoms with Gasteiger partial charge >= 0.3 is 0 Å². The van der Waals surface area contributed by atoms with Crippen molar-refractivity contribution in [3.63, 3.8) is 0 Å². The molecule has 0 bridgehead atoms. The van der Waals surface area contributed by atoms with Crippen LogP contribution in [0.2, 0.25) is 0 Å². The number of hydrogen-bond donors (Lipinski definition) is 1. The van der Waals surface area contributed by atoms with Gasteiger partial charge < -0.3 is 5.73 Å². The third-order valence-corrected chi connectivity index (χ3v) is 5.54. The van der Waals surface area contributed by atoms with E-state index in [2.05, 4.69) is 15.9 Å². The minimum Gasteiger partial charge on any atom is -0.330 e. The molecule has 2 rings (SSSR count). The molecule has 1 aromatic carbocycles. The van der Waals surface area contributed by atoms with E-state index in [-0.39, 0.29) is 5.92 Å². The Balaban J connectivity index is 2.31. The van der Waals surface area contributed by atoms with Crippen molar-refractivity contribution in [3.8, 4) is 0 Å². The zero-order valence-corrected chi connectivity index (χ0v) is 12.7. The fourth-order valence-corrected chi connectivity index (χ4v) is 4.63. The van der Waals surface area contributed by atoms with Crippen LogP contribution < -0.4 is 5.73 Å². The largest absolute Gasteiger partial charge is 0.330 e. The number of rotatable bonds is 3. The summed E-state index contributed by atoms with van der Waals surface area (Å²) in [7, 11) is -3.38. The van der Waals surface area contributed by atoms with Crippen molar-refractivity contribution in [3.05, 3.63) is 28.2 Å². The fraction of sp³-hybridized carbons (Fsp3) is 0.500. The number of hydrogen-bond acceptors (Lipinski definition) is 3. The van der Waals surface area contributed by atoms with Gasteiger partial charge in [-0.2, -0.15) is 4.31 Å². The van der Waals surface area contributed by atoms with Gasteiger partial charge in [-0.3, -0.25) is 0 Å². The molecular weight excluding hydrogens is 316 g/mol. The van der Waals surface area contributed by atoms with E-state index in [0.29, 0.717) is 24.5 Å². The van der Waals surface area contributed by atoms with Crippen molar-refractivity contribution in [2.24, 2.45) is 11.7 Å². The zero-order chi connectivity index (χ0) is 13.3. The second kappa shape index (κ2) is 5.28. The molecule has 1 aliphatic rings. The molecule has 1 aromatic rings. The summed E-state index contributed by atoms with van der Waals surface area (Å²) < 4.78 is 27.3. The molecule has 1 fully saturated rings. The first-order chi connectivity index (χ1) is 8.43. The molecule has 18 heavy (non-hydrogen) atoms. The van der Waals surface area contributed by atoms with E-state index in [0.717, 1.165) is 16.5 Å². The Hall–Kier alpha value is -0.430. The summed E-state index contributed by atoms with van der Waals surface area (Å²) in [6, 6.07) is 5.25. The van der Waals surface area contributed by atoms with Crippen LogP contribution in [0.1, 0.15) is 12.0 Å². The van der Waals surface area contributed by atoms with Crippen molar-refractivity contribution >= 4 is 26.0 Å². The van der Waals surface area contributed by atoms with Gasteiger partial charge in [0.25, 0.3) is 0 Å². The van der Waals surface area contributed by atoms with E-state index in [9.17, 15) is 8.42 Å². The van der Waals surface area contributed by atoms with Crippen molar-refractivity contribution in [2.75, 3.05) is 19.6 Å². The van der Waals surface area contributed by atoms with E-state index >= 15 is 0 Å². The number of nitrogens with two attached hydrogens (primary N) is 1. The Kier molecular flexibility index (Phi) is 4.11. The van der Waals surface area contributed by atoms with E-state index in [1.165, 1.54) is 4.31 Å². The lowest BCUT2D eigenvalue weighted by molar-refractivity contribution is 0.459. The monoisotopic (exact) mass is 332 g/mol. The highest BCUT2D eigenvalue weighted by Crippen LogP contribution is 2.26. The van der Waals surface area contributed by atoms with Crippen LogP contribution in [0.3, 0.4) is 0 Å². The predicted octanol–water partition coefficient (Wildman–Crippen LogP) is 1.73. The Bertz CT molecular complexity index is 525. The minimum absolute atomic E-state index is 0.285. The van der Waals surface area contributed by atoms with Crippen LogP contribution in [0.25, 0.3) is 0 Å². The highest BCUT2D eigenvalue weighted by molar-refractivity contribution is 9.10. The summed E-state index contributed by atoms with van der Waals surface area (Å²) in [5, 5.41) is 0. The van der Waals surface area contributed by atoms with Gasteiger partial charge in [-0.1, -0.05) is 15.9 Å². The Labute approximate surface area is 116 Å². The average molecular weight is 333 g/mol.